The number of nitrogens with one attached hydrogen (secondary N) is 1. The minimum Gasteiger partial charge on any atom is -0.324 e. The largest absolute Gasteiger partial charge is 0.324 e. The molecule has 1 amide bonds. The fraction of sp³-hybridized carbons (Fsp3) is 0.316. The van der Waals surface area contributed by atoms with Gasteiger partial charge in [-0.05, 0) is 37.1 Å². The molecule has 1 saturated heterocycles. The quantitative estimate of drug-likeness (QED) is 0.912. The molecule has 0 aliphatic carbocycles. The van der Waals surface area contributed by atoms with Crippen molar-refractivity contribution in [2.75, 3.05) is 18.4 Å². The zero-order valence-corrected chi connectivity index (χ0v) is 13.8. The Kier molecular flexibility index (Phi) is 5.31. The molecule has 1 atom stereocenters. The molecule has 4 heteroatoms. The molecule has 0 aromatic heterocycles. The molecule has 1 fully saturated rings. The first-order valence-corrected chi connectivity index (χ1v) is 8.42. The first-order valence-electron chi connectivity index (χ1n) is 8.04. The summed E-state index contributed by atoms with van der Waals surface area (Å²) in [5.41, 5.74) is 1.99. The number of likely N-dealkylation sites (tertiary alicyclic amines) is 1. The van der Waals surface area contributed by atoms with Crippen molar-refractivity contribution < 1.29 is 4.79 Å². The Bertz CT molecular complexity index is 659. The van der Waals surface area contributed by atoms with Gasteiger partial charge >= 0.3 is 0 Å². The highest BCUT2D eigenvalue weighted by Crippen LogP contribution is 2.24. The van der Waals surface area contributed by atoms with Crippen LogP contribution in [0.3, 0.4) is 0 Å². The molecular formula is C19H21ClN2O. The summed E-state index contributed by atoms with van der Waals surface area (Å²) in [6.07, 6.45) is 1.98. The number of carbonyl (C=O) groups is 1. The number of halogens is 1. The molecule has 23 heavy (non-hydrogen) atoms. The number of rotatable bonds is 4. The second-order valence-corrected chi connectivity index (χ2v) is 6.44. The molecule has 120 valence electrons. The van der Waals surface area contributed by atoms with Crippen LogP contribution in [0.2, 0.25) is 5.02 Å². The van der Waals surface area contributed by atoms with E-state index < -0.39 is 0 Å². The predicted octanol–water partition coefficient (Wildman–Crippen LogP) is 4.19. The topological polar surface area (TPSA) is 32.3 Å². The molecule has 0 radical (unpaired) electrons. The van der Waals surface area contributed by atoms with Gasteiger partial charge in [0.2, 0.25) is 5.91 Å². The zero-order chi connectivity index (χ0) is 16.1. The molecule has 0 spiro atoms. The normalized spacial score (nSPS) is 18.6. The molecule has 1 N–H and O–H groups in total. The van der Waals surface area contributed by atoms with E-state index in [4.69, 9.17) is 11.6 Å². The van der Waals surface area contributed by atoms with Gasteiger partial charge in [-0.1, -0.05) is 54.1 Å². The van der Waals surface area contributed by atoms with Gasteiger partial charge in [0.25, 0.3) is 0 Å². The van der Waals surface area contributed by atoms with Crippen LogP contribution in [0.4, 0.5) is 5.69 Å². The molecule has 2 aromatic carbocycles. The highest BCUT2D eigenvalue weighted by Gasteiger charge is 2.26. The van der Waals surface area contributed by atoms with Crippen molar-refractivity contribution in [2.24, 2.45) is 5.92 Å². The first-order chi connectivity index (χ1) is 11.2. The summed E-state index contributed by atoms with van der Waals surface area (Å²) >= 11 is 6.12. The lowest BCUT2D eigenvalue weighted by Gasteiger charge is -2.32. The average Bonchev–Trinajstić information content (AvgIpc) is 2.58. The summed E-state index contributed by atoms with van der Waals surface area (Å²) in [5, 5.41) is 3.55. The van der Waals surface area contributed by atoms with Crippen LogP contribution in [0.15, 0.2) is 54.6 Å². The van der Waals surface area contributed by atoms with Crippen molar-refractivity contribution in [1.29, 1.82) is 0 Å². The van der Waals surface area contributed by atoms with Crippen molar-refractivity contribution in [2.45, 2.75) is 19.4 Å². The minimum atomic E-state index is 0.0173. The van der Waals surface area contributed by atoms with Gasteiger partial charge in [-0.2, -0.15) is 0 Å². The van der Waals surface area contributed by atoms with E-state index in [1.807, 2.05) is 24.3 Å². The van der Waals surface area contributed by atoms with E-state index >= 15 is 0 Å². The van der Waals surface area contributed by atoms with Crippen molar-refractivity contribution in [3.63, 3.8) is 0 Å². The number of anilines is 1. The molecule has 0 unspecified atom stereocenters. The lowest BCUT2D eigenvalue weighted by atomic mass is 9.96. The summed E-state index contributed by atoms with van der Waals surface area (Å²) in [6, 6.07) is 17.8. The first kappa shape index (κ1) is 16.0. The Morgan fingerprint density at radius 3 is 2.65 bits per heavy atom. The number of amides is 1. The number of carbonyl (C=O) groups excluding carboxylic acids is 1. The van der Waals surface area contributed by atoms with E-state index in [0.717, 1.165) is 32.5 Å². The number of piperidine rings is 1. The van der Waals surface area contributed by atoms with Crippen LogP contribution in [0.5, 0.6) is 0 Å². The Hall–Kier alpha value is -1.84. The summed E-state index contributed by atoms with van der Waals surface area (Å²) < 4.78 is 0. The third kappa shape index (κ3) is 4.34. The third-order valence-corrected chi connectivity index (χ3v) is 4.59. The minimum absolute atomic E-state index is 0.0173. The molecule has 1 heterocycles. The monoisotopic (exact) mass is 328 g/mol. The van der Waals surface area contributed by atoms with Crippen molar-refractivity contribution in [3.05, 3.63) is 65.2 Å². The van der Waals surface area contributed by atoms with Gasteiger partial charge in [0.15, 0.2) is 0 Å². The van der Waals surface area contributed by atoms with E-state index in [1.54, 1.807) is 6.07 Å². The van der Waals surface area contributed by atoms with Crippen LogP contribution < -0.4 is 5.32 Å². The SMILES string of the molecule is O=C(Nc1ccccc1Cl)[C@@H]1CCCN(Cc2ccccc2)C1. The van der Waals surface area contributed by atoms with Crippen LogP contribution in [-0.4, -0.2) is 23.9 Å². The molecule has 2 aromatic rings. The van der Waals surface area contributed by atoms with E-state index in [2.05, 4.69) is 34.5 Å². The van der Waals surface area contributed by atoms with Gasteiger partial charge in [0.1, 0.15) is 0 Å². The maximum absolute atomic E-state index is 12.5. The lowest BCUT2D eigenvalue weighted by molar-refractivity contribution is -0.121. The third-order valence-electron chi connectivity index (χ3n) is 4.26. The van der Waals surface area contributed by atoms with Crippen molar-refractivity contribution in [1.82, 2.24) is 4.90 Å². The maximum Gasteiger partial charge on any atom is 0.228 e. The lowest BCUT2D eigenvalue weighted by Crippen LogP contribution is -2.40. The van der Waals surface area contributed by atoms with Crippen LogP contribution in [-0.2, 0) is 11.3 Å². The Morgan fingerprint density at radius 2 is 1.87 bits per heavy atom. The molecule has 3 rings (SSSR count). The van der Waals surface area contributed by atoms with E-state index in [0.29, 0.717) is 10.7 Å². The predicted molar refractivity (Wildman–Crippen MR) is 94.5 cm³/mol. The summed E-state index contributed by atoms with van der Waals surface area (Å²) in [6.45, 7) is 2.74. The number of para-hydroxylation sites is 1. The number of benzene rings is 2. The Morgan fingerprint density at radius 1 is 1.13 bits per heavy atom. The fourth-order valence-corrected chi connectivity index (χ4v) is 3.24. The molecule has 0 bridgehead atoms. The van der Waals surface area contributed by atoms with Gasteiger partial charge in [0, 0.05) is 13.1 Å². The standard InChI is InChI=1S/C19H21ClN2O/c20-17-10-4-5-11-18(17)21-19(23)16-9-6-12-22(14-16)13-15-7-2-1-3-8-15/h1-5,7-8,10-11,16H,6,9,12-14H2,(H,21,23)/t16-/m1/s1. The molecule has 0 saturated carbocycles. The fourth-order valence-electron chi connectivity index (χ4n) is 3.05. The van der Waals surface area contributed by atoms with Crippen molar-refractivity contribution >= 4 is 23.2 Å². The van der Waals surface area contributed by atoms with Crippen molar-refractivity contribution in [3.8, 4) is 0 Å². The van der Waals surface area contributed by atoms with Crippen LogP contribution in [0, 0.1) is 5.92 Å². The highest BCUT2D eigenvalue weighted by molar-refractivity contribution is 6.33. The number of nitrogens with zero attached hydrogens (tertiary/aromatic N) is 1. The zero-order valence-electron chi connectivity index (χ0n) is 13.0. The number of hydrogen-bond donors (Lipinski definition) is 1. The smallest absolute Gasteiger partial charge is 0.228 e. The second-order valence-electron chi connectivity index (χ2n) is 6.03. The van der Waals surface area contributed by atoms with Gasteiger partial charge in [-0.15, -0.1) is 0 Å². The molecule has 1 aliphatic rings. The van der Waals surface area contributed by atoms with Crippen LogP contribution in [0.25, 0.3) is 0 Å². The summed E-state index contributed by atoms with van der Waals surface area (Å²) in [7, 11) is 0. The number of hydrogen-bond acceptors (Lipinski definition) is 2. The van der Waals surface area contributed by atoms with E-state index in [9.17, 15) is 4.79 Å². The van der Waals surface area contributed by atoms with Gasteiger partial charge < -0.3 is 5.32 Å². The Labute approximate surface area is 142 Å². The van der Waals surface area contributed by atoms with Gasteiger partial charge in [-0.3, -0.25) is 9.69 Å². The summed E-state index contributed by atoms with van der Waals surface area (Å²) in [4.78, 5) is 14.9. The van der Waals surface area contributed by atoms with E-state index in [-0.39, 0.29) is 11.8 Å². The van der Waals surface area contributed by atoms with E-state index in [1.165, 1.54) is 5.56 Å². The molecule has 3 nitrogen and oxygen atoms in total. The van der Waals surface area contributed by atoms with Gasteiger partial charge in [0.05, 0.1) is 16.6 Å². The van der Waals surface area contributed by atoms with Gasteiger partial charge in [-0.25, -0.2) is 0 Å². The molecule has 1 aliphatic heterocycles. The van der Waals surface area contributed by atoms with Crippen LogP contribution in [0.1, 0.15) is 18.4 Å². The highest BCUT2D eigenvalue weighted by atomic mass is 35.5. The Balaban J connectivity index is 1.59. The average molecular weight is 329 g/mol. The molecular weight excluding hydrogens is 308 g/mol. The van der Waals surface area contributed by atoms with Crippen LogP contribution >= 0.6 is 11.6 Å². The second kappa shape index (κ2) is 7.62. The maximum atomic E-state index is 12.5. The summed E-state index contributed by atoms with van der Waals surface area (Å²) in [5.74, 6) is 0.0830.